The number of amides is 1. The Morgan fingerprint density at radius 2 is 1.81 bits per heavy atom. The van der Waals surface area contributed by atoms with E-state index in [1.165, 1.54) is 6.07 Å². The highest BCUT2D eigenvalue weighted by Crippen LogP contribution is 2.21. The zero-order chi connectivity index (χ0) is 15.6. The third-order valence-electron chi connectivity index (χ3n) is 3.09. The molecule has 0 spiro atoms. The van der Waals surface area contributed by atoms with Crippen LogP contribution in [0.1, 0.15) is 21.5 Å². The number of rotatable bonds is 3. The zero-order valence-electron chi connectivity index (χ0n) is 12.1. The van der Waals surface area contributed by atoms with Crippen molar-refractivity contribution in [1.82, 2.24) is 4.98 Å². The van der Waals surface area contributed by atoms with Gasteiger partial charge in [-0.2, -0.15) is 0 Å². The Bertz CT molecular complexity index is 667. The third kappa shape index (κ3) is 3.51. The van der Waals surface area contributed by atoms with Gasteiger partial charge in [0.15, 0.2) is 0 Å². The number of benzene rings is 1. The van der Waals surface area contributed by atoms with Gasteiger partial charge in [-0.25, -0.2) is 10.8 Å². The van der Waals surface area contributed by atoms with E-state index < -0.39 is 0 Å². The quantitative estimate of drug-likeness (QED) is 0.519. The van der Waals surface area contributed by atoms with Crippen molar-refractivity contribution in [2.24, 2.45) is 5.84 Å². The number of aromatic nitrogens is 1. The van der Waals surface area contributed by atoms with Crippen LogP contribution in [0.5, 0.6) is 0 Å². The number of nitrogen functional groups attached to an aromatic ring is 1. The van der Waals surface area contributed by atoms with Gasteiger partial charge < -0.3 is 10.3 Å². The normalized spacial score (nSPS) is 10.3. The molecule has 3 N–H and O–H groups in total. The molecule has 0 unspecified atom stereocenters. The summed E-state index contributed by atoms with van der Waals surface area (Å²) in [4.78, 5) is 18.1. The molecule has 2 rings (SSSR count). The number of nitrogens with one attached hydrogen (secondary N) is 1. The number of pyridine rings is 1. The first-order valence-corrected chi connectivity index (χ1v) is 6.79. The molecule has 0 radical (unpaired) electrons. The van der Waals surface area contributed by atoms with Crippen molar-refractivity contribution < 1.29 is 4.79 Å². The van der Waals surface area contributed by atoms with Crippen molar-refractivity contribution in [2.45, 2.75) is 13.8 Å². The lowest BCUT2D eigenvalue weighted by atomic mass is 10.1. The largest absolute Gasteiger partial charge is 0.311 e. The Morgan fingerprint density at radius 1 is 1.19 bits per heavy atom. The van der Waals surface area contributed by atoms with E-state index in [0.717, 1.165) is 16.8 Å². The minimum absolute atomic E-state index is 0.180. The van der Waals surface area contributed by atoms with E-state index in [1.54, 1.807) is 18.0 Å². The summed E-state index contributed by atoms with van der Waals surface area (Å²) in [6.07, 6.45) is 0. The molecule has 0 saturated carbocycles. The Hall–Kier alpha value is -2.11. The smallest absolute Gasteiger partial charge is 0.258 e. The molecular formula is C15H17ClN4O. The lowest BCUT2D eigenvalue weighted by Gasteiger charge is -2.19. The van der Waals surface area contributed by atoms with Crippen LogP contribution < -0.4 is 16.2 Å². The third-order valence-corrected chi connectivity index (χ3v) is 3.28. The molecule has 0 fully saturated rings. The zero-order valence-corrected chi connectivity index (χ0v) is 12.9. The standard InChI is InChI=1S/C15H17ClN4O/c1-9-4-10(2)6-12(5-9)20(3)15(21)11-7-13(16)18-14(8-11)19-17/h4-8H,17H2,1-3H3,(H,18,19). The predicted molar refractivity (Wildman–Crippen MR) is 85.7 cm³/mol. The highest BCUT2D eigenvalue weighted by atomic mass is 35.5. The van der Waals surface area contributed by atoms with Gasteiger partial charge in [-0.15, -0.1) is 0 Å². The Labute approximate surface area is 128 Å². The van der Waals surface area contributed by atoms with Crippen LogP contribution >= 0.6 is 11.6 Å². The Kier molecular flexibility index (Phi) is 4.45. The summed E-state index contributed by atoms with van der Waals surface area (Å²) in [6, 6.07) is 9.05. The van der Waals surface area contributed by atoms with Gasteiger partial charge in [0.1, 0.15) is 11.0 Å². The second kappa shape index (κ2) is 6.11. The van der Waals surface area contributed by atoms with Crippen molar-refractivity contribution in [3.63, 3.8) is 0 Å². The van der Waals surface area contributed by atoms with Crippen molar-refractivity contribution in [2.75, 3.05) is 17.4 Å². The first-order chi connectivity index (χ1) is 9.90. The first-order valence-electron chi connectivity index (χ1n) is 6.41. The summed E-state index contributed by atoms with van der Waals surface area (Å²) >= 11 is 5.90. The van der Waals surface area contributed by atoms with Crippen LogP contribution in [0.4, 0.5) is 11.5 Å². The van der Waals surface area contributed by atoms with Gasteiger partial charge >= 0.3 is 0 Å². The number of anilines is 2. The summed E-state index contributed by atoms with van der Waals surface area (Å²) in [7, 11) is 1.72. The second-order valence-corrected chi connectivity index (χ2v) is 5.31. The summed E-state index contributed by atoms with van der Waals surface area (Å²) in [5.74, 6) is 5.49. The Morgan fingerprint density at radius 3 is 2.38 bits per heavy atom. The van der Waals surface area contributed by atoms with Crippen LogP contribution in [-0.2, 0) is 0 Å². The van der Waals surface area contributed by atoms with Crippen LogP contribution in [0, 0.1) is 13.8 Å². The number of aryl methyl sites for hydroxylation is 2. The summed E-state index contributed by atoms with van der Waals surface area (Å²) < 4.78 is 0. The summed E-state index contributed by atoms with van der Waals surface area (Å²) in [5, 5.41) is 0.211. The van der Waals surface area contributed by atoms with Crippen molar-refractivity contribution in [1.29, 1.82) is 0 Å². The van der Waals surface area contributed by atoms with Gasteiger partial charge in [0.2, 0.25) is 0 Å². The molecule has 1 aromatic heterocycles. The fourth-order valence-corrected chi connectivity index (χ4v) is 2.36. The number of hydrazine groups is 1. The number of carbonyl (C=O) groups excluding carboxylic acids is 1. The summed E-state index contributed by atoms with van der Waals surface area (Å²) in [5.41, 5.74) is 5.84. The van der Waals surface area contributed by atoms with Crippen molar-refractivity contribution >= 4 is 29.0 Å². The van der Waals surface area contributed by atoms with Crippen LogP contribution in [0.3, 0.4) is 0 Å². The van der Waals surface area contributed by atoms with Gasteiger partial charge in [0.25, 0.3) is 5.91 Å². The molecule has 0 aliphatic rings. The number of halogens is 1. The number of carbonyl (C=O) groups is 1. The molecule has 6 heteroatoms. The minimum atomic E-state index is -0.180. The first kappa shape index (κ1) is 15.3. The molecule has 0 aliphatic heterocycles. The number of hydrogen-bond donors (Lipinski definition) is 2. The lowest BCUT2D eigenvalue weighted by Crippen LogP contribution is -2.26. The highest BCUT2D eigenvalue weighted by molar-refractivity contribution is 6.30. The van der Waals surface area contributed by atoms with Crippen LogP contribution in [0.25, 0.3) is 0 Å². The molecule has 1 amide bonds. The molecule has 0 saturated heterocycles. The molecule has 110 valence electrons. The molecule has 0 bridgehead atoms. The SMILES string of the molecule is Cc1cc(C)cc(N(C)C(=O)c2cc(Cl)nc(NN)c2)c1. The topological polar surface area (TPSA) is 71.2 Å². The average Bonchev–Trinajstić information content (AvgIpc) is 2.43. The van der Waals surface area contributed by atoms with E-state index in [-0.39, 0.29) is 11.1 Å². The molecule has 0 atom stereocenters. The van der Waals surface area contributed by atoms with Crippen LogP contribution in [0.15, 0.2) is 30.3 Å². The van der Waals surface area contributed by atoms with Crippen LogP contribution in [0.2, 0.25) is 5.15 Å². The fraction of sp³-hybridized carbons (Fsp3) is 0.200. The van der Waals surface area contributed by atoms with Crippen molar-refractivity contribution in [3.05, 3.63) is 52.2 Å². The van der Waals surface area contributed by atoms with Gasteiger partial charge in [0, 0.05) is 18.3 Å². The van der Waals surface area contributed by atoms with Gasteiger partial charge in [0.05, 0.1) is 0 Å². The maximum Gasteiger partial charge on any atom is 0.258 e. The average molecular weight is 305 g/mol. The minimum Gasteiger partial charge on any atom is -0.311 e. The maximum absolute atomic E-state index is 12.6. The van der Waals surface area contributed by atoms with E-state index in [1.807, 2.05) is 26.0 Å². The van der Waals surface area contributed by atoms with Crippen molar-refractivity contribution in [3.8, 4) is 0 Å². The monoisotopic (exact) mass is 304 g/mol. The predicted octanol–water partition coefficient (Wildman–Crippen LogP) is 2.91. The fourth-order valence-electron chi connectivity index (χ4n) is 2.15. The van der Waals surface area contributed by atoms with Gasteiger partial charge in [-0.05, 0) is 49.2 Å². The lowest BCUT2D eigenvalue weighted by molar-refractivity contribution is 0.0993. The molecule has 0 aliphatic carbocycles. The number of hydrogen-bond acceptors (Lipinski definition) is 4. The number of nitrogens with zero attached hydrogens (tertiary/aromatic N) is 2. The number of nitrogens with two attached hydrogens (primary N) is 1. The van der Waals surface area contributed by atoms with E-state index >= 15 is 0 Å². The van der Waals surface area contributed by atoms with E-state index in [0.29, 0.717) is 11.4 Å². The van der Waals surface area contributed by atoms with E-state index in [4.69, 9.17) is 17.4 Å². The van der Waals surface area contributed by atoms with E-state index in [9.17, 15) is 4.79 Å². The highest BCUT2D eigenvalue weighted by Gasteiger charge is 2.16. The molecule has 2 aromatic rings. The molecular weight excluding hydrogens is 288 g/mol. The molecule has 1 aromatic carbocycles. The van der Waals surface area contributed by atoms with Gasteiger partial charge in [-0.1, -0.05) is 17.7 Å². The van der Waals surface area contributed by atoms with E-state index in [2.05, 4.69) is 16.5 Å². The Balaban J connectivity index is 2.36. The van der Waals surface area contributed by atoms with Crippen LogP contribution in [-0.4, -0.2) is 17.9 Å². The molecule has 5 nitrogen and oxygen atoms in total. The molecule has 1 heterocycles. The second-order valence-electron chi connectivity index (χ2n) is 4.92. The summed E-state index contributed by atoms with van der Waals surface area (Å²) in [6.45, 7) is 3.99. The van der Waals surface area contributed by atoms with Gasteiger partial charge in [-0.3, -0.25) is 4.79 Å². The molecule has 21 heavy (non-hydrogen) atoms. The maximum atomic E-state index is 12.6.